The van der Waals surface area contributed by atoms with Crippen molar-refractivity contribution in [2.75, 3.05) is 20.2 Å². The molecule has 1 aliphatic rings. The molecule has 3 rings (SSSR count). The number of nitrogens with zero attached hydrogens (tertiary/aromatic N) is 3. The minimum Gasteiger partial charge on any atom is -0.376 e. The van der Waals surface area contributed by atoms with Crippen LogP contribution in [0.25, 0.3) is 10.9 Å². The van der Waals surface area contributed by atoms with Gasteiger partial charge in [-0.2, -0.15) is 5.10 Å². The van der Waals surface area contributed by atoms with Gasteiger partial charge in [-0.25, -0.2) is 8.78 Å². The molecular weight excluding hydrogens is 424 g/mol. The fraction of sp³-hybridized carbons (Fsp3) is 0.429. The summed E-state index contributed by atoms with van der Waals surface area (Å²) in [6.07, 6.45) is -2.81. The Labute approximate surface area is 183 Å². The van der Waals surface area contributed by atoms with Crippen molar-refractivity contribution in [3.05, 3.63) is 41.4 Å². The number of fused-ring (bicyclic) bond motifs is 1. The van der Waals surface area contributed by atoms with Crippen LogP contribution in [0.2, 0.25) is 0 Å². The summed E-state index contributed by atoms with van der Waals surface area (Å²) >= 11 is 0. The van der Waals surface area contributed by atoms with Gasteiger partial charge < -0.3 is 20.7 Å². The van der Waals surface area contributed by atoms with Crippen LogP contribution in [0, 0.1) is 0 Å². The molecule has 1 saturated heterocycles. The molecule has 2 heterocycles. The molecule has 3 N–H and O–H groups in total. The lowest BCUT2D eigenvalue weighted by molar-refractivity contribution is -0.141. The van der Waals surface area contributed by atoms with Gasteiger partial charge in [-0.05, 0) is 25.5 Å². The molecule has 2 aromatic rings. The summed E-state index contributed by atoms with van der Waals surface area (Å²) in [5, 5.41) is 6.98. The number of carbonyl (C=O) groups excluding carboxylic acids is 3. The van der Waals surface area contributed by atoms with Crippen LogP contribution in [0.5, 0.6) is 0 Å². The van der Waals surface area contributed by atoms with Gasteiger partial charge in [0.2, 0.25) is 11.8 Å². The highest BCUT2D eigenvalue weighted by atomic mass is 19.1. The summed E-state index contributed by atoms with van der Waals surface area (Å²) in [6, 6.07) is 5.43. The monoisotopic (exact) mass is 449 g/mol. The van der Waals surface area contributed by atoms with Gasteiger partial charge in [0.15, 0.2) is 5.69 Å². The SMILES string of the molecule is CO[C@H]1[C@@H](C(=O)NCC(F)=C(C)C)N(C(=O)Cn2nc(C(N)=O)c3ccccc32)C[C@@H]1F. The number of hydrogen-bond acceptors (Lipinski definition) is 5. The molecule has 3 atom stereocenters. The molecule has 1 aromatic carbocycles. The molecule has 1 fully saturated rings. The fourth-order valence-corrected chi connectivity index (χ4v) is 3.70. The largest absolute Gasteiger partial charge is 0.376 e. The van der Waals surface area contributed by atoms with E-state index in [-0.39, 0.29) is 25.3 Å². The van der Waals surface area contributed by atoms with E-state index in [2.05, 4.69) is 10.4 Å². The van der Waals surface area contributed by atoms with E-state index in [9.17, 15) is 23.2 Å². The maximum Gasteiger partial charge on any atom is 0.269 e. The Kier molecular flexibility index (Phi) is 6.87. The van der Waals surface area contributed by atoms with Crippen molar-refractivity contribution in [2.24, 2.45) is 5.73 Å². The van der Waals surface area contributed by atoms with Crippen LogP contribution < -0.4 is 11.1 Å². The summed E-state index contributed by atoms with van der Waals surface area (Å²) in [5.41, 5.74) is 6.26. The molecule has 11 heteroatoms. The molecule has 9 nitrogen and oxygen atoms in total. The van der Waals surface area contributed by atoms with Crippen LogP contribution in [0.3, 0.4) is 0 Å². The Hall–Kier alpha value is -3.34. The van der Waals surface area contributed by atoms with Gasteiger partial charge in [0.1, 0.15) is 30.7 Å². The minimum absolute atomic E-state index is 0.000510. The number of aromatic nitrogens is 2. The molecule has 172 valence electrons. The van der Waals surface area contributed by atoms with E-state index in [4.69, 9.17) is 10.5 Å². The Morgan fingerprint density at radius 3 is 2.59 bits per heavy atom. The van der Waals surface area contributed by atoms with Crippen LogP contribution in [0.4, 0.5) is 8.78 Å². The molecular formula is C21H25F2N5O4. The van der Waals surface area contributed by atoms with E-state index in [0.29, 0.717) is 16.5 Å². The van der Waals surface area contributed by atoms with Gasteiger partial charge >= 0.3 is 0 Å². The number of likely N-dealkylation sites (tertiary alicyclic amines) is 1. The van der Waals surface area contributed by atoms with Gasteiger partial charge in [-0.15, -0.1) is 0 Å². The highest BCUT2D eigenvalue weighted by molar-refractivity contribution is 6.04. The molecule has 0 spiro atoms. The minimum atomic E-state index is -1.61. The van der Waals surface area contributed by atoms with Gasteiger partial charge in [0.25, 0.3) is 5.91 Å². The van der Waals surface area contributed by atoms with E-state index in [0.717, 1.165) is 4.90 Å². The lowest BCUT2D eigenvalue weighted by atomic mass is 10.1. The number of methoxy groups -OCH3 is 1. The molecule has 0 bridgehead atoms. The maximum atomic E-state index is 14.6. The van der Waals surface area contributed by atoms with Crippen molar-refractivity contribution in [1.82, 2.24) is 20.0 Å². The van der Waals surface area contributed by atoms with Crippen LogP contribution in [0.15, 0.2) is 35.7 Å². The van der Waals surface area contributed by atoms with Crippen LogP contribution in [-0.2, 0) is 20.9 Å². The number of amides is 3. The van der Waals surface area contributed by atoms with Crippen molar-refractivity contribution in [3.8, 4) is 0 Å². The number of primary amides is 1. The number of carbonyl (C=O) groups is 3. The number of hydrogen-bond donors (Lipinski definition) is 2. The normalized spacial score (nSPS) is 20.4. The second kappa shape index (κ2) is 9.43. The lowest BCUT2D eigenvalue weighted by Gasteiger charge is -2.26. The average Bonchev–Trinajstić information content (AvgIpc) is 3.29. The number of nitrogens with one attached hydrogen (secondary N) is 1. The lowest BCUT2D eigenvalue weighted by Crippen LogP contribution is -2.51. The van der Waals surface area contributed by atoms with Crippen molar-refractivity contribution in [3.63, 3.8) is 0 Å². The maximum absolute atomic E-state index is 14.6. The number of benzene rings is 1. The molecule has 3 amide bonds. The summed E-state index contributed by atoms with van der Waals surface area (Å²) in [6.45, 7) is 2.00. The molecule has 1 aromatic heterocycles. The second-order valence-corrected chi connectivity index (χ2v) is 7.72. The number of allylic oxidation sites excluding steroid dienone is 1. The first-order valence-electron chi connectivity index (χ1n) is 9.97. The standard InChI is InChI=1S/C21H25F2N5O4/c1-11(2)13(22)8-25-21(31)18-19(32-3)14(23)9-27(18)16(29)10-28-15-7-5-4-6-12(15)17(26-28)20(24)30/h4-7,14,18-19H,8-10H2,1-3H3,(H2,24,30)(H,25,31)/t14-,18-,19+/m0/s1. The highest BCUT2D eigenvalue weighted by Gasteiger charge is 2.48. The zero-order chi connectivity index (χ0) is 23.6. The predicted octanol–water partition coefficient (Wildman–Crippen LogP) is 1.08. The topological polar surface area (TPSA) is 120 Å². The van der Waals surface area contributed by atoms with Crippen molar-refractivity contribution in [1.29, 1.82) is 0 Å². The van der Waals surface area contributed by atoms with Crippen LogP contribution in [0.1, 0.15) is 24.3 Å². The number of nitrogens with two attached hydrogens (primary N) is 1. The first-order chi connectivity index (χ1) is 15.1. The third-order valence-electron chi connectivity index (χ3n) is 5.37. The van der Waals surface area contributed by atoms with Crippen molar-refractivity contribution < 1.29 is 27.9 Å². The molecule has 0 radical (unpaired) electrons. The zero-order valence-electron chi connectivity index (χ0n) is 18.0. The third kappa shape index (κ3) is 4.47. The number of ether oxygens (including phenoxy) is 1. The van der Waals surface area contributed by atoms with E-state index >= 15 is 0 Å². The Balaban J connectivity index is 1.86. The molecule has 0 unspecified atom stereocenters. The molecule has 32 heavy (non-hydrogen) atoms. The average molecular weight is 449 g/mol. The quantitative estimate of drug-likeness (QED) is 0.656. The van der Waals surface area contributed by atoms with Crippen LogP contribution >= 0.6 is 0 Å². The van der Waals surface area contributed by atoms with E-state index in [1.165, 1.54) is 11.8 Å². The zero-order valence-corrected chi connectivity index (χ0v) is 18.0. The summed E-state index contributed by atoms with van der Waals surface area (Å²) in [4.78, 5) is 38.6. The smallest absolute Gasteiger partial charge is 0.269 e. The number of rotatable bonds is 7. The summed E-state index contributed by atoms with van der Waals surface area (Å²) in [5.74, 6) is -2.62. The van der Waals surface area contributed by atoms with Crippen molar-refractivity contribution >= 4 is 28.6 Å². The van der Waals surface area contributed by atoms with Gasteiger partial charge in [-0.1, -0.05) is 18.2 Å². The Morgan fingerprint density at radius 1 is 1.28 bits per heavy atom. The fourth-order valence-electron chi connectivity index (χ4n) is 3.70. The third-order valence-corrected chi connectivity index (χ3v) is 5.37. The summed E-state index contributed by atoms with van der Waals surface area (Å²) in [7, 11) is 1.24. The predicted molar refractivity (Wildman–Crippen MR) is 112 cm³/mol. The van der Waals surface area contributed by atoms with Crippen molar-refractivity contribution in [2.45, 2.75) is 38.7 Å². The first kappa shape index (κ1) is 23.3. The van der Waals surface area contributed by atoms with E-state index in [1.807, 2.05) is 0 Å². The second-order valence-electron chi connectivity index (χ2n) is 7.72. The molecule has 0 aliphatic carbocycles. The van der Waals surface area contributed by atoms with Gasteiger partial charge in [0, 0.05) is 12.5 Å². The first-order valence-corrected chi connectivity index (χ1v) is 9.97. The Bertz CT molecular complexity index is 1080. The number of halogens is 2. The highest BCUT2D eigenvalue weighted by Crippen LogP contribution is 2.25. The van der Waals surface area contributed by atoms with E-state index < -0.39 is 41.9 Å². The Morgan fingerprint density at radius 2 is 1.97 bits per heavy atom. The van der Waals surface area contributed by atoms with Gasteiger partial charge in [0.05, 0.1) is 18.6 Å². The molecule has 0 saturated carbocycles. The van der Waals surface area contributed by atoms with Crippen LogP contribution in [-0.4, -0.2) is 70.9 Å². The summed E-state index contributed by atoms with van der Waals surface area (Å²) < 4.78 is 34.8. The number of para-hydroxylation sites is 1. The number of alkyl halides is 1. The molecule has 1 aliphatic heterocycles. The van der Waals surface area contributed by atoms with Gasteiger partial charge in [-0.3, -0.25) is 19.1 Å². The van der Waals surface area contributed by atoms with E-state index in [1.54, 1.807) is 38.1 Å².